The highest BCUT2D eigenvalue weighted by Crippen LogP contribution is 2.17. The van der Waals surface area contributed by atoms with Crippen molar-refractivity contribution in [3.8, 4) is 0 Å². The summed E-state index contributed by atoms with van der Waals surface area (Å²) in [6.07, 6.45) is 5.12. The summed E-state index contributed by atoms with van der Waals surface area (Å²) in [5.41, 5.74) is 0.959. The van der Waals surface area contributed by atoms with Gasteiger partial charge >= 0.3 is 0 Å². The number of hydrogen-bond acceptors (Lipinski definition) is 2. The first-order valence-corrected chi connectivity index (χ1v) is 3.44. The van der Waals surface area contributed by atoms with Crippen LogP contribution in [0.15, 0.2) is 11.8 Å². The number of rotatable bonds is 0. The van der Waals surface area contributed by atoms with Crippen LogP contribution in [0.1, 0.15) is 26.2 Å². The largest absolute Gasteiger partial charge is 0.759 e. The van der Waals surface area contributed by atoms with Gasteiger partial charge in [0.25, 0.3) is 0 Å². The maximum absolute atomic E-state index is 10.9. The van der Waals surface area contributed by atoms with Crippen molar-refractivity contribution in [3.05, 3.63) is 17.0 Å². The van der Waals surface area contributed by atoms with Gasteiger partial charge in [-0.25, -0.2) is 0 Å². The molecule has 1 aliphatic rings. The van der Waals surface area contributed by atoms with E-state index in [1.807, 2.05) is 13.0 Å². The zero-order valence-electron chi connectivity index (χ0n) is 5.76. The normalized spacial score (nSPS) is 25.1. The number of hydroxylamine groups is 2. The Hall–Kier alpha value is -0.500. The lowest BCUT2D eigenvalue weighted by Gasteiger charge is -2.36. The third-order valence-corrected chi connectivity index (χ3v) is 1.70. The van der Waals surface area contributed by atoms with Crippen LogP contribution in [0.4, 0.5) is 0 Å². The number of piperidine rings is 1. The summed E-state index contributed by atoms with van der Waals surface area (Å²) in [5.74, 6) is 0. The highest BCUT2D eigenvalue weighted by Gasteiger charge is 2.04. The second kappa shape index (κ2) is 2.87. The van der Waals surface area contributed by atoms with Gasteiger partial charge < -0.3 is 10.3 Å². The summed E-state index contributed by atoms with van der Waals surface area (Å²) in [6.45, 7) is 2.62. The third-order valence-electron chi connectivity index (χ3n) is 1.70. The van der Waals surface area contributed by atoms with Gasteiger partial charge in [-0.05, 0) is 31.9 Å². The molecule has 0 aromatic heterocycles. The molecule has 0 aromatic rings. The van der Waals surface area contributed by atoms with Crippen LogP contribution >= 0.6 is 0 Å². The molecular formula is C7H12NO-. The molecule has 0 unspecified atom stereocenters. The Bertz CT molecular complexity index is 120. The van der Waals surface area contributed by atoms with Gasteiger partial charge in [0.15, 0.2) is 0 Å². The van der Waals surface area contributed by atoms with Gasteiger partial charge in [0.2, 0.25) is 0 Å². The fraction of sp³-hybridized carbons (Fsp3) is 0.714. The van der Waals surface area contributed by atoms with Crippen molar-refractivity contribution >= 4 is 0 Å². The SMILES string of the molecule is CC=C1CCCCN1[O-]. The van der Waals surface area contributed by atoms with E-state index in [2.05, 4.69) is 0 Å². The molecule has 0 N–H and O–H groups in total. The van der Waals surface area contributed by atoms with Crippen LogP contribution in [-0.2, 0) is 0 Å². The minimum atomic E-state index is 0.694. The van der Waals surface area contributed by atoms with Gasteiger partial charge in [0.1, 0.15) is 0 Å². The molecule has 9 heavy (non-hydrogen) atoms. The predicted octanol–water partition coefficient (Wildman–Crippen LogP) is 1.87. The molecule has 1 fully saturated rings. The highest BCUT2D eigenvalue weighted by atomic mass is 16.5. The molecule has 0 aromatic carbocycles. The van der Waals surface area contributed by atoms with Gasteiger partial charge in [0.05, 0.1) is 0 Å². The van der Waals surface area contributed by atoms with Gasteiger partial charge in [-0.3, -0.25) is 0 Å². The van der Waals surface area contributed by atoms with Crippen molar-refractivity contribution < 1.29 is 0 Å². The van der Waals surface area contributed by atoms with Crippen molar-refractivity contribution in [3.63, 3.8) is 0 Å². The van der Waals surface area contributed by atoms with Crippen molar-refractivity contribution in [2.24, 2.45) is 0 Å². The van der Waals surface area contributed by atoms with Crippen LogP contribution in [0, 0.1) is 5.21 Å². The average Bonchev–Trinajstić information content (AvgIpc) is 1.89. The van der Waals surface area contributed by atoms with Crippen molar-refractivity contribution in [2.75, 3.05) is 6.54 Å². The lowest BCUT2D eigenvalue weighted by Crippen LogP contribution is -2.21. The van der Waals surface area contributed by atoms with E-state index >= 15 is 0 Å². The third kappa shape index (κ3) is 1.45. The van der Waals surface area contributed by atoms with Crippen LogP contribution < -0.4 is 0 Å². The summed E-state index contributed by atoms with van der Waals surface area (Å²) in [5, 5.41) is 12.0. The fourth-order valence-electron chi connectivity index (χ4n) is 1.12. The fourth-order valence-corrected chi connectivity index (χ4v) is 1.12. The van der Waals surface area contributed by atoms with Gasteiger partial charge in [-0.2, -0.15) is 0 Å². The molecule has 0 aliphatic carbocycles. The molecular weight excluding hydrogens is 114 g/mol. The van der Waals surface area contributed by atoms with E-state index < -0.39 is 0 Å². The van der Waals surface area contributed by atoms with Crippen LogP contribution in [0.3, 0.4) is 0 Å². The molecule has 1 rings (SSSR count). The highest BCUT2D eigenvalue weighted by molar-refractivity contribution is 5.02. The van der Waals surface area contributed by atoms with E-state index in [1.165, 1.54) is 6.42 Å². The Morgan fingerprint density at radius 2 is 2.33 bits per heavy atom. The maximum Gasteiger partial charge on any atom is 0.00537 e. The van der Waals surface area contributed by atoms with E-state index in [0.29, 0.717) is 6.54 Å². The van der Waals surface area contributed by atoms with Crippen molar-refractivity contribution in [2.45, 2.75) is 26.2 Å². The molecule has 0 saturated carbocycles. The van der Waals surface area contributed by atoms with Crippen LogP contribution in [0.2, 0.25) is 0 Å². The molecule has 2 heteroatoms. The first-order chi connectivity index (χ1) is 4.34. The summed E-state index contributed by atoms with van der Waals surface area (Å²) in [7, 11) is 0. The average molecular weight is 126 g/mol. The van der Waals surface area contributed by atoms with Gasteiger partial charge in [0, 0.05) is 6.54 Å². The monoisotopic (exact) mass is 126 g/mol. The van der Waals surface area contributed by atoms with E-state index in [1.54, 1.807) is 0 Å². The molecule has 0 spiro atoms. The summed E-state index contributed by atoms with van der Waals surface area (Å²) in [4.78, 5) is 0. The zero-order chi connectivity index (χ0) is 6.69. The summed E-state index contributed by atoms with van der Waals surface area (Å²) in [6, 6.07) is 0. The van der Waals surface area contributed by atoms with Crippen molar-refractivity contribution in [1.82, 2.24) is 5.06 Å². The Balaban J connectivity index is 2.49. The van der Waals surface area contributed by atoms with Crippen LogP contribution in [0.25, 0.3) is 0 Å². The number of allylic oxidation sites excluding steroid dienone is 2. The topological polar surface area (TPSA) is 26.3 Å². The second-order valence-electron chi connectivity index (χ2n) is 2.34. The van der Waals surface area contributed by atoms with Crippen LogP contribution in [-0.4, -0.2) is 11.6 Å². The predicted molar refractivity (Wildman–Crippen MR) is 37.7 cm³/mol. The molecule has 0 atom stereocenters. The van der Waals surface area contributed by atoms with E-state index in [-0.39, 0.29) is 0 Å². The molecule has 2 nitrogen and oxygen atoms in total. The first-order valence-electron chi connectivity index (χ1n) is 3.44. The number of hydrogen-bond donors (Lipinski definition) is 0. The van der Waals surface area contributed by atoms with Gasteiger partial charge in [-0.1, -0.05) is 6.08 Å². The van der Waals surface area contributed by atoms with E-state index in [4.69, 9.17) is 0 Å². The van der Waals surface area contributed by atoms with Crippen LogP contribution in [0.5, 0.6) is 0 Å². The smallest absolute Gasteiger partial charge is 0.00537 e. The van der Waals surface area contributed by atoms with Crippen molar-refractivity contribution in [1.29, 1.82) is 0 Å². The molecule has 0 radical (unpaired) electrons. The minimum Gasteiger partial charge on any atom is -0.759 e. The number of nitrogens with zero attached hydrogens (tertiary/aromatic N) is 1. The molecule has 0 amide bonds. The Kier molecular flexibility index (Phi) is 2.11. The Morgan fingerprint density at radius 3 is 2.78 bits per heavy atom. The molecule has 1 heterocycles. The summed E-state index contributed by atoms with van der Waals surface area (Å²) < 4.78 is 0. The minimum absolute atomic E-state index is 0.694. The lowest BCUT2D eigenvalue weighted by atomic mass is 10.1. The Labute approximate surface area is 55.7 Å². The van der Waals surface area contributed by atoms with E-state index in [9.17, 15) is 5.21 Å². The molecule has 52 valence electrons. The Morgan fingerprint density at radius 1 is 1.56 bits per heavy atom. The zero-order valence-corrected chi connectivity index (χ0v) is 5.76. The molecule has 0 bridgehead atoms. The maximum atomic E-state index is 10.9. The molecule has 1 aliphatic heterocycles. The quantitative estimate of drug-likeness (QED) is 0.495. The standard InChI is InChI=1S/C7H12NO/c1-2-7-5-3-4-6-8(7)9/h2H,3-6H2,1H3/q-1. The lowest BCUT2D eigenvalue weighted by molar-refractivity contribution is 0.380. The summed E-state index contributed by atoms with van der Waals surface area (Å²) >= 11 is 0. The molecule has 1 saturated heterocycles. The second-order valence-corrected chi connectivity index (χ2v) is 2.34. The van der Waals surface area contributed by atoms with E-state index in [0.717, 1.165) is 23.6 Å². The first kappa shape index (κ1) is 6.62. The van der Waals surface area contributed by atoms with Gasteiger partial charge in [-0.15, -0.1) is 0 Å².